The van der Waals surface area contributed by atoms with Gasteiger partial charge in [0.05, 0.1) is 24.2 Å². The van der Waals surface area contributed by atoms with Crippen LogP contribution in [0.2, 0.25) is 0 Å². The Labute approximate surface area is 196 Å². The Kier molecular flexibility index (Phi) is 6.52. The standard InChI is InChI=1S/C24H23N3O4S2/c1-17-11-12-18(15-23(17)33(29,30)26-20-8-3-4-10-22(20)31-2)25-24(28)21-9-5-13-27(21)16-19-7-6-14-32-19/h3-15,26H,16H2,1-2H3,(H,25,28). The third-order valence-electron chi connectivity index (χ3n) is 5.06. The number of ether oxygens (including phenoxy) is 1. The minimum Gasteiger partial charge on any atom is -0.495 e. The first-order valence-corrected chi connectivity index (χ1v) is 12.5. The largest absolute Gasteiger partial charge is 0.495 e. The minimum atomic E-state index is -3.92. The SMILES string of the molecule is COc1ccccc1NS(=O)(=O)c1cc(NC(=O)c2cccn2Cc2cccs2)ccc1C. The van der Waals surface area contributed by atoms with Crippen LogP contribution in [0.1, 0.15) is 20.9 Å². The lowest BCUT2D eigenvalue weighted by Crippen LogP contribution is -2.18. The zero-order valence-corrected chi connectivity index (χ0v) is 19.7. The van der Waals surface area contributed by atoms with E-state index in [-0.39, 0.29) is 10.8 Å². The van der Waals surface area contributed by atoms with Gasteiger partial charge in [-0.05, 0) is 60.3 Å². The number of amides is 1. The molecule has 7 nitrogen and oxygen atoms in total. The second kappa shape index (κ2) is 9.51. The molecule has 2 aromatic carbocycles. The number of hydrogen-bond donors (Lipinski definition) is 2. The number of benzene rings is 2. The Bertz CT molecular complexity index is 1380. The molecule has 0 atom stereocenters. The number of anilines is 2. The van der Waals surface area contributed by atoms with Gasteiger partial charge in [0.15, 0.2) is 0 Å². The molecule has 0 fully saturated rings. The van der Waals surface area contributed by atoms with Crippen LogP contribution in [0.5, 0.6) is 5.75 Å². The maximum Gasteiger partial charge on any atom is 0.272 e. The van der Waals surface area contributed by atoms with Gasteiger partial charge in [-0.15, -0.1) is 11.3 Å². The highest BCUT2D eigenvalue weighted by molar-refractivity contribution is 7.92. The molecule has 0 bridgehead atoms. The lowest BCUT2D eigenvalue weighted by Gasteiger charge is -2.15. The second-order valence-electron chi connectivity index (χ2n) is 7.34. The fourth-order valence-corrected chi connectivity index (χ4v) is 5.46. The van der Waals surface area contributed by atoms with Crippen molar-refractivity contribution in [3.63, 3.8) is 0 Å². The number of nitrogens with zero attached hydrogens (tertiary/aromatic N) is 1. The molecule has 0 aliphatic heterocycles. The van der Waals surface area contributed by atoms with Gasteiger partial charge in [0.1, 0.15) is 11.4 Å². The number of thiophene rings is 1. The molecule has 1 amide bonds. The summed E-state index contributed by atoms with van der Waals surface area (Å²) in [6, 6.07) is 19.1. The highest BCUT2D eigenvalue weighted by Crippen LogP contribution is 2.28. The van der Waals surface area contributed by atoms with Gasteiger partial charge >= 0.3 is 0 Å². The van der Waals surface area contributed by atoms with Crippen molar-refractivity contribution in [1.82, 2.24) is 4.57 Å². The van der Waals surface area contributed by atoms with E-state index >= 15 is 0 Å². The smallest absolute Gasteiger partial charge is 0.272 e. The summed E-state index contributed by atoms with van der Waals surface area (Å²) >= 11 is 1.62. The summed E-state index contributed by atoms with van der Waals surface area (Å²) in [6.45, 7) is 2.29. The highest BCUT2D eigenvalue weighted by atomic mass is 32.2. The van der Waals surface area contributed by atoms with E-state index in [1.54, 1.807) is 60.7 Å². The van der Waals surface area contributed by atoms with Crippen LogP contribution >= 0.6 is 11.3 Å². The molecule has 4 aromatic rings. The minimum absolute atomic E-state index is 0.0696. The Hall–Kier alpha value is -3.56. The Balaban J connectivity index is 1.57. The fraction of sp³-hybridized carbons (Fsp3) is 0.125. The van der Waals surface area contributed by atoms with Gasteiger partial charge in [-0.25, -0.2) is 8.42 Å². The quantitative estimate of drug-likeness (QED) is 0.372. The third-order valence-corrected chi connectivity index (χ3v) is 7.42. The molecule has 0 saturated carbocycles. The number of nitrogens with one attached hydrogen (secondary N) is 2. The molecule has 0 spiro atoms. The first kappa shape index (κ1) is 22.6. The van der Waals surface area contributed by atoms with Crippen molar-refractivity contribution in [2.24, 2.45) is 0 Å². The van der Waals surface area contributed by atoms with E-state index in [0.29, 0.717) is 34.9 Å². The fourth-order valence-electron chi connectivity index (χ4n) is 3.42. The number of aromatic nitrogens is 1. The lowest BCUT2D eigenvalue weighted by molar-refractivity contribution is 0.101. The van der Waals surface area contributed by atoms with Crippen molar-refractivity contribution in [3.05, 3.63) is 94.4 Å². The van der Waals surface area contributed by atoms with E-state index in [1.807, 2.05) is 34.3 Å². The Morgan fingerprint density at radius 3 is 2.64 bits per heavy atom. The first-order valence-electron chi connectivity index (χ1n) is 10.1. The first-order chi connectivity index (χ1) is 15.9. The van der Waals surface area contributed by atoms with Crippen molar-refractivity contribution < 1.29 is 17.9 Å². The predicted octanol–water partition coefficient (Wildman–Crippen LogP) is 4.97. The van der Waals surface area contributed by atoms with Gasteiger partial charge in [-0.3, -0.25) is 9.52 Å². The van der Waals surface area contributed by atoms with E-state index in [9.17, 15) is 13.2 Å². The topological polar surface area (TPSA) is 89.4 Å². The van der Waals surface area contributed by atoms with E-state index in [0.717, 1.165) is 4.88 Å². The number of methoxy groups -OCH3 is 1. The molecule has 170 valence electrons. The van der Waals surface area contributed by atoms with Crippen molar-refractivity contribution in [2.75, 3.05) is 17.1 Å². The summed E-state index contributed by atoms with van der Waals surface area (Å²) in [7, 11) is -2.44. The van der Waals surface area contributed by atoms with Gasteiger partial charge in [0.2, 0.25) is 0 Å². The molecule has 0 saturated heterocycles. The average Bonchev–Trinajstić information content (AvgIpc) is 3.47. The number of hydrogen-bond acceptors (Lipinski definition) is 5. The second-order valence-corrected chi connectivity index (χ2v) is 10.0. The monoisotopic (exact) mass is 481 g/mol. The normalized spacial score (nSPS) is 11.2. The molecule has 9 heteroatoms. The van der Waals surface area contributed by atoms with E-state index in [4.69, 9.17) is 4.74 Å². The number of aryl methyl sites for hydroxylation is 1. The van der Waals surface area contributed by atoms with E-state index < -0.39 is 10.0 Å². The van der Waals surface area contributed by atoms with Crippen LogP contribution in [0.4, 0.5) is 11.4 Å². The van der Waals surface area contributed by atoms with Crippen LogP contribution in [-0.2, 0) is 16.6 Å². The van der Waals surface area contributed by atoms with Gasteiger partial charge in [0.25, 0.3) is 15.9 Å². The van der Waals surface area contributed by atoms with Crippen LogP contribution in [0.25, 0.3) is 0 Å². The molecule has 2 aromatic heterocycles. The molecule has 0 aliphatic carbocycles. The third kappa shape index (κ3) is 5.10. The number of carbonyl (C=O) groups is 1. The molecular formula is C24H23N3O4S2. The van der Waals surface area contributed by atoms with Crippen LogP contribution in [-0.4, -0.2) is 26.0 Å². The van der Waals surface area contributed by atoms with Gasteiger partial charge in [-0.1, -0.05) is 24.3 Å². The van der Waals surface area contributed by atoms with Crippen LogP contribution in [0, 0.1) is 6.92 Å². The van der Waals surface area contributed by atoms with Crippen LogP contribution in [0.15, 0.2) is 83.2 Å². The molecule has 33 heavy (non-hydrogen) atoms. The highest BCUT2D eigenvalue weighted by Gasteiger charge is 2.20. The van der Waals surface area contributed by atoms with E-state index in [2.05, 4.69) is 10.0 Å². The molecular weight excluding hydrogens is 458 g/mol. The Morgan fingerprint density at radius 2 is 1.88 bits per heavy atom. The molecule has 2 heterocycles. The zero-order valence-electron chi connectivity index (χ0n) is 18.1. The summed E-state index contributed by atoms with van der Waals surface area (Å²) in [4.78, 5) is 14.1. The van der Waals surface area contributed by atoms with Crippen molar-refractivity contribution in [2.45, 2.75) is 18.4 Å². The molecule has 0 unspecified atom stereocenters. The number of rotatable bonds is 8. The van der Waals surface area contributed by atoms with Crippen LogP contribution < -0.4 is 14.8 Å². The summed E-state index contributed by atoms with van der Waals surface area (Å²) < 4.78 is 35.9. The van der Waals surface area contributed by atoms with Gasteiger partial charge in [-0.2, -0.15) is 0 Å². The van der Waals surface area contributed by atoms with Crippen molar-refractivity contribution in [1.29, 1.82) is 0 Å². The van der Waals surface area contributed by atoms with Crippen molar-refractivity contribution in [3.8, 4) is 5.75 Å². The van der Waals surface area contributed by atoms with Gasteiger partial charge < -0.3 is 14.6 Å². The number of para-hydroxylation sites is 2. The summed E-state index contributed by atoms with van der Waals surface area (Å²) in [5.41, 5.74) is 1.76. The molecule has 0 aliphatic rings. The summed E-state index contributed by atoms with van der Waals surface area (Å²) in [5, 5.41) is 4.81. The van der Waals surface area contributed by atoms with Crippen LogP contribution in [0.3, 0.4) is 0 Å². The molecule has 4 rings (SSSR count). The lowest BCUT2D eigenvalue weighted by atomic mass is 10.2. The zero-order chi connectivity index (χ0) is 23.4. The predicted molar refractivity (Wildman–Crippen MR) is 131 cm³/mol. The summed E-state index contributed by atoms with van der Waals surface area (Å²) in [6.07, 6.45) is 1.84. The van der Waals surface area contributed by atoms with E-state index in [1.165, 1.54) is 13.2 Å². The Morgan fingerprint density at radius 1 is 1.06 bits per heavy atom. The maximum atomic E-state index is 13.1. The molecule has 0 radical (unpaired) electrons. The van der Waals surface area contributed by atoms with Crippen molar-refractivity contribution >= 4 is 38.6 Å². The number of carbonyl (C=O) groups excluding carboxylic acids is 1. The summed E-state index contributed by atoms with van der Waals surface area (Å²) in [5.74, 6) is 0.0936. The number of sulfonamides is 1. The maximum absolute atomic E-state index is 13.1. The molecule has 2 N–H and O–H groups in total. The van der Waals surface area contributed by atoms with Gasteiger partial charge in [0, 0.05) is 16.8 Å². The average molecular weight is 482 g/mol.